The number of aliphatic hydroxyl groups is 1. The molecule has 1 unspecified atom stereocenters. The number of piperidine rings is 1. The van der Waals surface area contributed by atoms with Crippen LogP contribution in [-0.2, 0) is 0 Å². The lowest BCUT2D eigenvalue weighted by atomic mass is 9.96. The van der Waals surface area contributed by atoms with Crippen LogP contribution in [0.3, 0.4) is 0 Å². The second-order valence-electron chi connectivity index (χ2n) is 5.01. The molecule has 0 aromatic carbocycles. The van der Waals surface area contributed by atoms with E-state index in [0.29, 0.717) is 0 Å². The standard InChI is InChI=1S/C13H28N2O/c1-3-7-14-10-12-5-8-15(9-6-12)11-13(16)4-2/h12-14,16H,3-11H2,1-2H3. The Balaban J connectivity index is 2.08. The summed E-state index contributed by atoms with van der Waals surface area (Å²) in [5, 5.41) is 13.1. The van der Waals surface area contributed by atoms with Crippen LogP contribution in [0.1, 0.15) is 39.5 Å². The quantitative estimate of drug-likeness (QED) is 0.648. The lowest BCUT2D eigenvalue weighted by molar-refractivity contribution is 0.0868. The second kappa shape index (κ2) is 8.04. The van der Waals surface area contributed by atoms with Crippen molar-refractivity contribution in [2.24, 2.45) is 5.92 Å². The van der Waals surface area contributed by atoms with Crippen LogP contribution in [0.4, 0.5) is 0 Å². The van der Waals surface area contributed by atoms with Gasteiger partial charge in [0.25, 0.3) is 0 Å². The number of likely N-dealkylation sites (tertiary alicyclic amines) is 1. The first-order valence-corrected chi connectivity index (χ1v) is 6.87. The van der Waals surface area contributed by atoms with E-state index in [1.807, 2.05) is 6.92 Å². The maximum atomic E-state index is 9.60. The summed E-state index contributed by atoms with van der Waals surface area (Å²) < 4.78 is 0. The van der Waals surface area contributed by atoms with Crippen molar-refractivity contribution in [2.45, 2.75) is 45.6 Å². The molecule has 96 valence electrons. The average molecular weight is 228 g/mol. The Hall–Kier alpha value is -0.120. The lowest BCUT2D eigenvalue weighted by Crippen LogP contribution is -2.40. The third kappa shape index (κ3) is 5.28. The minimum Gasteiger partial charge on any atom is -0.392 e. The van der Waals surface area contributed by atoms with Crippen LogP contribution >= 0.6 is 0 Å². The molecule has 1 heterocycles. The molecule has 0 aromatic rings. The number of aliphatic hydroxyl groups excluding tert-OH is 1. The third-order valence-electron chi connectivity index (χ3n) is 3.51. The molecule has 0 saturated carbocycles. The highest BCUT2D eigenvalue weighted by Gasteiger charge is 2.19. The van der Waals surface area contributed by atoms with Gasteiger partial charge in [-0.25, -0.2) is 0 Å². The highest BCUT2D eigenvalue weighted by atomic mass is 16.3. The molecule has 0 aliphatic carbocycles. The summed E-state index contributed by atoms with van der Waals surface area (Å²) in [6, 6.07) is 0. The van der Waals surface area contributed by atoms with Gasteiger partial charge in [0, 0.05) is 6.54 Å². The zero-order valence-corrected chi connectivity index (χ0v) is 10.9. The van der Waals surface area contributed by atoms with Crippen molar-refractivity contribution in [1.82, 2.24) is 10.2 Å². The van der Waals surface area contributed by atoms with Gasteiger partial charge in [0.1, 0.15) is 0 Å². The van der Waals surface area contributed by atoms with E-state index in [0.717, 1.165) is 38.5 Å². The van der Waals surface area contributed by atoms with E-state index < -0.39 is 0 Å². The Morgan fingerprint density at radius 2 is 2.00 bits per heavy atom. The van der Waals surface area contributed by atoms with Gasteiger partial charge >= 0.3 is 0 Å². The molecule has 3 nitrogen and oxygen atoms in total. The Morgan fingerprint density at radius 1 is 1.31 bits per heavy atom. The maximum Gasteiger partial charge on any atom is 0.0664 e. The summed E-state index contributed by atoms with van der Waals surface area (Å²) in [5.41, 5.74) is 0. The fourth-order valence-corrected chi connectivity index (χ4v) is 2.28. The predicted octanol–water partition coefficient (Wildman–Crippen LogP) is 1.47. The van der Waals surface area contributed by atoms with Gasteiger partial charge in [0.05, 0.1) is 6.10 Å². The number of nitrogens with zero attached hydrogens (tertiary/aromatic N) is 1. The van der Waals surface area contributed by atoms with Gasteiger partial charge in [-0.2, -0.15) is 0 Å². The first kappa shape index (κ1) is 13.9. The van der Waals surface area contributed by atoms with E-state index in [9.17, 15) is 5.11 Å². The molecule has 0 aromatic heterocycles. The van der Waals surface area contributed by atoms with Gasteiger partial charge in [-0.3, -0.25) is 0 Å². The number of hydrogen-bond donors (Lipinski definition) is 2. The zero-order chi connectivity index (χ0) is 11.8. The van der Waals surface area contributed by atoms with E-state index in [1.165, 1.54) is 25.8 Å². The summed E-state index contributed by atoms with van der Waals surface area (Å²) in [5.74, 6) is 0.849. The van der Waals surface area contributed by atoms with E-state index in [4.69, 9.17) is 0 Å². The summed E-state index contributed by atoms with van der Waals surface area (Å²) in [4.78, 5) is 2.41. The molecule has 1 saturated heterocycles. The van der Waals surface area contributed by atoms with Crippen molar-refractivity contribution in [1.29, 1.82) is 0 Å². The van der Waals surface area contributed by atoms with Crippen molar-refractivity contribution in [3.8, 4) is 0 Å². The number of β-amino-alcohol motifs (C(OH)–C–C–N with tert-alkyl or cyclic N) is 1. The van der Waals surface area contributed by atoms with Crippen LogP contribution in [0.5, 0.6) is 0 Å². The highest BCUT2D eigenvalue weighted by Crippen LogP contribution is 2.16. The molecule has 0 bridgehead atoms. The molecule has 0 amide bonds. The van der Waals surface area contributed by atoms with Crippen LogP contribution in [0.15, 0.2) is 0 Å². The number of hydrogen-bond acceptors (Lipinski definition) is 3. The number of rotatable bonds is 7. The summed E-state index contributed by atoms with van der Waals surface area (Å²) in [7, 11) is 0. The molecule has 16 heavy (non-hydrogen) atoms. The van der Waals surface area contributed by atoms with Crippen molar-refractivity contribution < 1.29 is 5.11 Å². The molecule has 1 rings (SSSR count). The number of nitrogens with one attached hydrogen (secondary N) is 1. The van der Waals surface area contributed by atoms with Crippen molar-refractivity contribution in [3.05, 3.63) is 0 Å². The van der Waals surface area contributed by atoms with Gasteiger partial charge in [-0.05, 0) is 57.8 Å². The van der Waals surface area contributed by atoms with Crippen LogP contribution in [0.2, 0.25) is 0 Å². The summed E-state index contributed by atoms with van der Waals surface area (Å²) >= 11 is 0. The first-order valence-electron chi connectivity index (χ1n) is 6.87. The molecule has 3 heteroatoms. The van der Waals surface area contributed by atoms with Gasteiger partial charge < -0.3 is 15.3 Å². The monoisotopic (exact) mass is 228 g/mol. The smallest absolute Gasteiger partial charge is 0.0664 e. The molecule has 2 N–H and O–H groups in total. The molecule has 1 atom stereocenters. The predicted molar refractivity (Wildman–Crippen MR) is 68.6 cm³/mol. The highest BCUT2D eigenvalue weighted by molar-refractivity contribution is 4.75. The third-order valence-corrected chi connectivity index (χ3v) is 3.51. The summed E-state index contributed by atoms with van der Waals surface area (Å²) in [6.45, 7) is 9.78. The molecule has 1 aliphatic heterocycles. The Kier molecular flexibility index (Phi) is 7.01. The minimum atomic E-state index is -0.130. The van der Waals surface area contributed by atoms with Gasteiger partial charge in [-0.1, -0.05) is 13.8 Å². The Labute approximate surface area is 100 Å². The van der Waals surface area contributed by atoms with Gasteiger partial charge in [0.15, 0.2) is 0 Å². The molecule has 0 radical (unpaired) electrons. The molecule has 1 aliphatic rings. The van der Waals surface area contributed by atoms with Crippen LogP contribution in [-0.4, -0.2) is 48.8 Å². The van der Waals surface area contributed by atoms with Crippen molar-refractivity contribution >= 4 is 0 Å². The van der Waals surface area contributed by atoms with Crippen molar-refractivity contribution in [3.63, 3.8) is 0 Å². The molecule has 0 spiro atoms. The largest absolute Gasteiger partial charge is 0.392 e. The average Bonchev–Trinajstić information content (AvgIpc) is 2.31. The normalized spacial score (nSPS) is 21.2. The first-order chi connectivity index (χ1) is 7.76. The molecule has 1 fully saturated rings. The topological polar surface area (TPSA) is 35.5 Å². The van der Waals surface area contributed by atoms with Crippen molar-refractivity contribution in [2.75, 3.05) is 32.7 Å². The minimum absolute atomic E-state index is 0.130. The van der Waals surface area contributed by atoms with Gasteiger partial charge in [0.2, 0.25) is 0 Å². The van der Waals surface area contributed by atoms with Gasteiger partial charge in [-0.15, -0.1) is 0 Å². The molecular weight excluding hydrogens is 200 g/mol. The zero-order valence-electron chi connectivity index (χ0n) is 10.9. The lowest BCUT2D eigenvalue weighted by Gasteiger charge is -2.33. The van der Waals surface area contributed by atoms with E-state index in [-0.39, 0.29) is 6.10 Å². The Morgan fingerprint density at radius 3 is 2.56 bits per heavy atom. The van der Waals surface area contributed by atoms with Crippen LogP contribution in [0, 0.1) is 5.92 Å². The fourth-order valence-electron chi connectivity index (χ4n) is 2.28. The van der Waals surface area contributed by atoms with Crippen LogP contribution < -0.4 is 5.32 Å². The maximum absolute atomic E-state index is 9.60. The fraction of sp³-hybridized carbons (Fsp3) is 1.00. The second-order valence-corrected chi connectivity index (χ2v) is 5.01. The van der Waals surface area contributed by atoms with E-state index in [1.54, 1.807) is 0 Å². The van der Waals surface area contributed by atoms with Crippen LogP contribution in [0.25, 0.3) is 0 Å². The Bertz CT molecular complexity index is 167. The SMILES string of the molecule is CCCNCC1CCN(CC(O)CC)CC1. The molecular formula is C13H28N2O. The van der Waals surface area contributed by atoms with E-state index >= 15 is 0 Å². The summed E-state index contributed by atoms with van der Waals surface area (Å²) in [6.07, 6.45) is 4.54. The van der Waals surface area contributed by atoms with E-state index in [2.05, 4.69) is 17.1 Å².